The van der Waals surface area contributed by atoms with E-state index in [0.717, 1.165) is 25.3 Å². The van der Waals surface area contributed by atoms with Crippen LogP contribution in [0.1, 0.15) is 18.0 Å². The van der Waals surface area contributed by atoms with Crippen molar-refractivity contribution < 1.29 is 5.11 Å². The highest BCUT2D eigenvalue weighted by Crippen LogP contribution is 2.37. The number of piperazine rings is 1. The van der Waals surface area contributed by atoms with Crippen LogP contribution in [0.25, 0.3) is 0 Å². The number of aliphatic hydroxyl groups is 1. The van der Waals surface area contributed by atoms with Crippen LogP contribution < -0.4 is 11.0 Å². The molecule has 4 rings (SSSR count). The highest BCUT2D eigenvalue weighted by atomic mass is 16.3. The Balaban J connectivity index is 1.64. The zero-order valence-electron chi connectivity index (χ0n) is 12.7. The maximum atomic E-state index is 9.43. The number of hydrogen-bond donors (Lipinski definition) is 3. The molecular weight excluding hydrogens is 280 g/mol. The predicted octanol–water partition coefficient (Wildman–Crippen LogP) is -0.296. The monoisotopic (exact) mass is 302 g/mol. The zero-order chi connectivity index (χ0) is 15.1. The molecule has 1 unspecified atom stereocenters. The van der Waals surface area contributed by atoms with Gasteiger partial charge in [0.2, 0.25) is 0 Å². The molecule has 7 heteroatoms. The van der Waals surface area contributed by atoms with Gasteiger partial charge in [0.15, 0.2) is 5.84 Å². The van der Waals surface area contributed by atoms with E-state index in [1.165, 1.54) is 5.56 Å². The van der Waals surface area contributed by atoms with Crippen molar-refractivity contribution in [2.75, 3.05) is 26.9 Å². The molecule has 2 saturated heterocycles. The van der Waals surface area contributed by atoms with Gasteiger partial charge in [0, 0.05) is 32.2 Å². The third-order valence-corrected chi connectivity index (χ3v) is 4.89. The van der Waals surface area contributed by atoms with Crippen LogP contribution in [0.3, 0.4) is 0 Å². The molecule has 0 saturated carbocycles. The van der Waals surface area contributed by atoms with E-state index in [0.29, 0.717) is 12.1 Å². The molecule has 0 radical (unpaired) electrons. The second-order valence-electron chi connectivity index (χ2n) is 6.21. The van der Waals surface area contributed by atoms with Gasteiger partial charge in [-0.3, -0.25) is 15.2 Å². The number of hydrogen-bond acceptors (Lipinski definition) is 7. The summed E-state index contributed by atoms with van der Waals surface area (Å²) >= 11 is 0. The zero-order valence-corrected chi connectivity index (χ0v) is 12.7. The molecule has 3 aliphatic heterocycles. The van der Waals surface area contributed by atoms with E-state index in [2.05, 4.69) is 50.1 Å². The van der Waals surface area contributed by atoms with E-state index < -0.39 is 0 Å². The van der Waals surface area contributed by atoms with Crippen molar-refractivity contribution in [2.45, 2.75) is 24.5 Å². The topological polar surface area (TPSA) is 66.4 Å². The molecule has 3 N–H and O–H groups in total. The number of hydrazine groups is 2. The summed E-state index contributed by atoms with van der Waals surface area (Å²) in [5.74, 6) is 0.928. The smallest absolute Gasteiger partial charge is 0.161 e. The Kier molecular flexibility index (Phi) is 3.50. The first kappa shape index (κ1) is 14.0. The van der Waals surface area contributed by atoms with Crippen molar-refractivity contribution in [3.05, 3.63) is 35.9 Å². The molecule has 2 bridgehead atoms. The van der Waals surface area contributed by atoms with Crippen LogP contribution in [0.15, 0.2) is 35.4 Å². The van der Waals surface area contributed by atoms with Crippen molar-refractivity contribution in [3.63, 3.8) is 0 Å². The Morgan fingerprint density at radius 2 is 2.09 bits per heavy atom. The Bertz CT molecular complexity index is 564. The molecule has 3 atom stereocenters. The lowest BCUT2D eigenvalue weighted by Gasteiger charge is -2.38. The van der Waals surface area contributed by atoms with Gasteiger partial charge in [-0.25, -0.2) is 5.12 Å². The van der Waals surface area contributed by atoms with Gasteiger partial charge in [-0.05, 0) is 12.0 Å². The number of nitrogens with zero attached hydrogens (tertiary/aromatic N) is 4. The largest absolute Gasteiger partial charge is 0.381 e. The Morgan fingerprint density at radius 3 is 2.68 bits per heavy atom. The predicted molar refractivity (Wildman–Crippen MR) is 83.3 cm³/mol. The number of hydrazone groups is 1. The lowest BCUT2D eigenvalue weighted by Crippen LogP contribution is -2.51. The average molecular weight is 302 g/mol. The lowest BCUT2D eigenvalue weighted by molar-refractivity contribution is 0.0435. The third-order valence-electron chi connectivity index (χ3n) is 4.89. The fourth-order valence-corrected chi connectivity index (χ4v) is 3.88. The molecule has 0 aromatic heterocycles. The van der Waals surface area contributed by atoms with Gasteiger partial charge in [-0.1, -0.05) is 30.3 Å². The molecule has 0 amide bonds. The van der Waals surface area contributed by atoms with E-state index >= 15 is 0 Å². The molecule has 0 spiro atoms. The molecule has 0 aliphatic carbocycles. The minimum absolute atomic E-state index is 0.120. The number of fused-ring (bicyclic) bond motifs is 2. The highest BCUT2D eigenvalue weighted by Gasteiger charge is 2.47. The summed E-state index contributed by atoms with van der Waals surface area (Å²) in [5.41, 5.74) is 7.44. The van der Waals surface area contributed by atoms with Crippen LogP contribution in [0.2, 0.25) is 0 Å². The Hall–Kier alpha value is -1.67. The molecule has 3 heterocycles. The van der Waals surface area contributed by atoms with Gasteiger partial charge in [0.25, 0.3) is 0 Å². The van der Waals surface area contributed by atoms with Gasteiger partial charge in [0.05, 0.1) is 12.8 Å². The molecule has 7 nitrogen and oxygen atoms in total. The second-order valence-corrected chi connectivity index (χ2v) is 6.21. The Labute approximate surface area is 130 Å². The van der Waals surface area contributed by atoms with Crippen LogP contribution in [0.5, 0.6) is 0 Å². The van der Waals surface area contributed by atoms with Crippen molar-refractivity contribution >= 4 is 5.84 Å². The molecule has 1 aromatic carbocycles. The normalized spacial score (nSPS) is 29.7. The number of likely N-dealkylation sites (tertiary alicyclic amines) is 2. The van der Waals surface area contributed by atoms with Crippen LogP contribution in [0, 0.1) is 0 Å². The summed E-state index contributed by atoms with van der Waals surface area (Å²) in [4.78, 5) is 4.68. The first-order valence-corrected chi connectivity index (χ1v) is 7.75. The number of amidine groups is 1. The standard InChI is InChI=1S/C15H22N6O/c1-19-17-15(16-18-19)14(11-5-3-2-4-6-11)21-9-12-7-13(21)8-20(12)10-22/h2-6,12-14,18,22H,7-10H2,1H3,(H,16,17)/t12-,13-,14?/m1/s1. The first-order valence-electron chi connectivity index (χ1n) is 7.75. The van der Waals surface area contributed by atoms with E-state index in [-0.39, 0.29) is 12.8 Å². The van der Waals surface area contributed by atoms with E-state index in [4.69, 9.17) is 0 Å². The number of aliphatic hydroxyl groups excluding tert-OH is 1. The van der Waals surface area contributed by atoms with Crippen LogP contribution in [-0.2, 0) is 0 Å². The Morgan fingerprint density at radius 1 is 1.27 bits per heavy atom. The lowest BCUT2D eigenvalue weighted by atomic mass is 10.0. The van der Waals surface area contributed by atoms with Crippen LogP contribution >= 0.6 is 0 Å². The minimum Gasteiger partial charge on any atom is -0.381 e. The van der Waals surface area contributed by atoms with Gasteiger partial charge in [-0.2, -0.15) is 0 Å². The summed E-state index contributed by atoms with van der Waals surface area (Å²) in [6, 6.07) is 11.5. The molecular formula is C15H22N6O. The van der Waals surface area contributed by atoms with Crippen molar-refractivity contribution in [3.8, 4) is 0 Å². The fourth-order valence-electron chi connectivity index (χ4n) is 3.88. The molecule has 1 aromatic rings. The molecule has 3 aliphatic rings. The van der Waals surface area contributed by atoms with Gasteiger partial charge in [-0.15, -0.1) is 10.6 Å². The molecule has 22 heavy (non-hydrogen) atoms. The molecule has 118 valence electrons. The van der Waals surface area contributed by atoms with Gasteiger partial charge >= 0.3 is 0 Å². The van der Waals surface area contributed by atoms with E-state index in [9.17, 15) is 5.11 Å². The van der Waals surface area contributed by atoms with Crippen molar-refractivity contribution in [1.82, 2.24) is 25.9 Å². The van der Waals surface area contributed by atoms with Crippen LogP contribution in [-0.4, -0.2) is 64.8 Å². The minimum atomic E-state index is 0.120. The molecule has 2 fully saturated rings. The highest BCUT2D eigenvalue weighted by molar-refractivity contribution is 5.88. The summed E-state index contributed by atoms with van der Waals surface area (Å²) < 4.78 is 0. The first-order chi connectivity index (χ1) is 10.8. The third kappa shape index (κ3) is 2.26. The number of nitrogens with one attached hydrogen (secondary N) is 2. The maximum absolute atomic E-state index is 9.43. The quantitative estimate of drug-likeness (QED) is 0.710. The number of benzene rings is 1. The second kappa shape index (κ2) is 5.51. The maximum Gasteiger partial charge on any atom is 0.161 e. The summed E-state index contributed by atoms with van der Waals surface area (Å²) in [5, 5.41) is 15.7. The summed E-state index contributed by atoms with van der Waals surface area (Å²) in [6.45, 7) is 2.06. The van der Waals surface area contributed by atoms with Crippen LogP contribution in [0.4, 0.5) is 0 Å². The number of rotatable bonds is 4. The van der Waals surface area contributed by atoms with Gasteiger partial charge < -0.3 is 5.11 Å². The summed E-state index contributed by atoms with van der Waals surface area (Å²) in [6.07, 6.45) is 1.13. The average Bonchev–Trinajstić information content (AvgIpc) is 3.24. The summed E-state index contributed by atoms with van der Waals surface area (Å²) in [7, 11) is 1.88. The SMILES string of the molecule is CN1N=C(C(c2ccccc2)N2C[C@H]3C[C@@H]2CN3CO)NN1. The van der Waals surface area contributed by atoms with E-state index in [1.807, 2.05) is 13.1 Å². The fraction of sp³-hybridized carbons (Fsp3) is 0.533. The van der Waals surface area contributed by atoms with Crippen molar-refractivity contribution in [2.24, 2.45) is 5.10 Å². The van der Waals surface area contributed by atoms with Crippen molar-refractivity contribution in [1.29, 1.82) is 0 Å². The van der Waals surface area contributed by atoms with E-state index in [1.54, 1.807) is 5.12 Å². The van der Waals surface area contributed by atoms with Gasteiger partial charge in [0.1, 0.15) is 0 Å².